The standard InChI is InChI=1S/C12H22N4/c1-9-4-5-10(6-9)12(13-2)7-11-8-16(3)15-14-11/h8-10,12-13H,4-7H2,1-3H3. The van der Waals surface area contributed by atoms with Crippen LogP contribution in [0.1, 0.15) is 31.9 Å². The van der Waals surface area contributed by atoms with Gasteiger partial charge in [0.15, 0.2) is 0 Å². The molecule has 4 heteroatoms. The highest BCUT2D eigenvalue weighted by Crippen LogP contribution is 2.33. The summed E-state index contributed by atoms with van der Waals surface area (Å²) in [5, 5.41) is 11.6. The minimum absolute atomic E-state index is 0.557. The van der Waals surface area contributed by atoms with Crippen molar-refractivity contribution >= 4 is 0 Å². The van der Waals surface area contributed by atoms with Crippen molar-refractivity contribution in [2.45, 2.75) is 38.6 Å². The fraction of sp³-hybridized carbons (Fsp3) is 0.833. The second kappa shape index (κ2) is 4.95. The average Bonchev–Trinajstić information content (AvgIpc) is 2.84. The van der Waals surface area contributed by atoms with Gasteiger partial charge < -0.3 is 5.32 Å². The van der Waals surface area contributed by atoms with Gasteiger partial charge >= 0.3 is 0 Å². The zero-order chi connectivity index (χ0) is 11.5. The summed E-state index contributed by atoms with van der Waals surface area (Å²) in [4.78, 5) is 0. The summed E-state index contributed by atoms with van der Waals surface area (Å²) >= 11 is 0. The highest BCUT2D eigenvalue weighted by Gasteiger charge is 2.28. The molecule has 0 amide bonds. The largest absolute Gasteiger partial charge is 0.316 e. The molecule has 2 rings (SSSR count). The Balaban J connectivity index is 1.95. The molecule has 0 aromatic carbocycles. The molecule has 90 valence electrons. The molecule has 1 aliphatic carbocycles. The Kier molecular flexibility index (Phi) is 3.59. The van der Waals surface area contributed by atoms with Gasteiger partial charge in [-0.25, -0.2) is 0 Å². The van der Waals surface area contributed by atoms with Crippen LogP contribution >= 0.6 is 0 Å². The van der Waals surface area contributed by atoms with E-state index in [1.165, 1.54) is 19.3 Å². The van der Waals surface area contributed by atoms with Crippen molar-refractivity contribution in [2.24, 2.45) is 18.9 Å². The van der Waals surface area contributed by atoms with Crippen LogP contribution in [-0.2, 0) is 13.5 Å². The van der Waals surface area contributed by atoms with Crippen LogP contribution in [0, 0.1) is 11.8 Å². The van der Waals surface area contributed by atoms with Gasteiger partial charge in [-0.05, 0) is 31.7 Å². The SMILES string of the molecule is CNC(Cc1cn(C)nn1)C1CCC(C)C1. The monoisotopic (exact) mass is 222 g/mol. The van der Waals surface area contributed by atoms with E-state index in [-0.39, 0.29) is 0 Å². The molecular formula is C12H22N4. The van der Waals surface area contributed by atoms with E-state index in [2.05, 4.69) is 29.6 Å². The van der Waals surface area contributed by atoms with Crippen molar-refractivity contribution in [3.63, 3.8) is 0 Å². The Bertz CT molecular complexity index is 334. The van der Waals surface area contributed by atoms with Gasteiger partial charge in [-0.15, -0.1) is 5.10 Å². The lowest BCUT2D eigenvalue weighted by molar-refractivity contribution is 0.365. The molecule has 1 aliphatic rings. The Morgan fingerprint density at radius 3 is 2.88 bits per heavy atom. The lowest BCUT2D eigenvalue weighted by Crippen LogP contribution is -2.34. The molecular weight excluding hydrogens is 200 g/mol. The first kappa shape index (κ1) is 11.6. The summed E-state index contributed by atoms with van der Waals surface area (Å²) in [5.74, 6) is 1.70. The van der Waals surface area contributed by atoms with Crippen molar-refractivity contribution < 1.29 is 0 Å². The second-order valence-electron chi connectivity index (χ2n) is 5.16. The maximum absolute atomic E-state index is 4.17. The van der Waals surface area contributed by atoms with Crippen LogP contribution in [0.3, 0.4) is 0 Å². The predicted molar refractivity (Wildman–Crippen MR) is 64.1 cm³/mol. The number of hydrogen-bond acceptors (Lipinski definition) is 3. The molecule has 1 saturated carbocycles. The molecule has 0 spiro atoms. The molecule has 0 aliphatic heterocycles. The van der Waals surface area contributed by atoms with E-state index in [0.717, 1.165) is 24.0 Å². The maximum Gasteiger partial charge on any atom is 0.0842 e. The first-order chi connectivity index (χ1) is 7.69. The molecule has 16 heavy (non-hydrogen) atoms. The van der Waals surface area contributed by atoms with E-state index < -0.39 is 0 Å². The Morgan fingerprint density at radius 2 is 2.38 bits per heavy atom. The number of likely N-dealkylation sites (N-methyl/N-ethyl adjacent to an activating group) is 1. The van der Waals surface area contributed by atoms with Crippen LogP contribution in [-0.4, -0.2) is 28.1 Å². The van der Waals surface area contributed by atoms with E-state index in [4.69, 9.17) is 0 Å². The average molecular weight is 222 g/mol. The van der Waals surface area contributed by atoms with Gasteiger partial charge in [0.25, 0.3) is 0 Å². The highest BCUT2D eigenvalue weighted by atomic mass is 15.4. The van der Waals surface area contributed by atoms with E-state index in [9.17, 15) is 0 Å². The normalized spacial score (nSPS) is 27.2. The molecule has 1 aromatic heterocycles. The third-order valence-corrected chi connectivity index (χ3v) is 3.75. The molecule has 1 N–H and O–H groups in total. The maximum atomic E-state index is 4.17. The topological polar surface area (TPSA) is 42.7 Å². The molecule has 1 heterocycles. The summed E-state index contributed by atoms with van der Waals surface area (Å²) in [6.45, 7) is 2.36. The first-order valence-electron chi connectivity index (χ1n) is 6.21. The van der Waals surface area contributed by atoms with Gasteiger partial charge in [0.1, 0.15) is 0 Å². The zero-order valence-electron chi connectivity index (χ0n) is 10.5. The van der Waals surface area contributed by atoms with Crippen LogP contribution < -0.4 is 5.32 Å². The first-order valence-corrected chi connectivity index (χ1v) is 6.21. The van der Waals surface area contributed by atoms with E-state index >= 15 is 0 Å². The van der Waals surface area contributed by atoms with Crippen LogP contribution in [0.2, 0.25) is 0 Å². The van der Waals surface area contributed by atoms with Gasteiger partial charge in [0.2, 0.25) is 0 Å². The van der Waals surface area contributed by atoms with Gasteiger partial charge in [-0.3, -0.25) is 4.68 Å². The van der Waals surface area contributed by atoms with E-state index in [1.807, 2.05) is 13.2 Å². The third kappa shape index (κ3) is 2.61. The summed E-state index contributed by atoms with van der Waals surface area (Å²) in [6, 6.07) is 0.557. The van der Waals surface area contributed by atoms with Crippen molar-refractivity contribution in [1.29, 1.82) is 0 Å². The van der Waals surface area contributed by atoms with Crippen molar-refractivity contribution in [3.05, 3.63) is 11.9 Å². The minimum atomic E-state index is 0.557. The molecule has 0 saturated heterocycles. The number of nitrogens with one attached hydrogen (secondary N) is 1. The quantitative estimate of drug-likeness (QED) is 0.837. The second-order valence-corrected chi connectivity index (χ2v) is 5.16. The Hall–Kier alpha value is -0.900. The van der Waals surface area contributed by atoms with Crippen LogP contribution in [0.25, 0.3) is 0 Å². The van der Waals surface area contributed by atoms with Crippen molar-refractivity contribution in [2.75, 3.05) is 7.05 Å². The molecule has 0 radical (unpaired) electrons. The number of hydrogen-bond donors (Lipinski definition) is 1. The number of aromatic nitrogens is 3. The van der Waals surface area contributed by atoms with Crippen molar-refractivity contribution in [3.8, 4) is 0 Å². The Labute approximate surface area is 97.4 Å². The van der Waals surface area contributed by atoms with Gasteiger partial charge in [-0.2, -0.15) is 0 Å². The number of aryl methyl sites for hydroxylation is 1. The highest BCUT2D eigenvalue weighted by molar-refractivity contribution is 4.98. The number of nitrogens with zero attached hydrogens (tertiary/aromatic N) is 3. The fourth-order valence-electron chi connectivity index (χ4n) is 2.84. The van der Waals surface area contributed by atoms with Crippen molar-refractivity contribution in [1.82, 2.24) is 20.3 Å². The van der Waals surface area contributed by atoms with E-state index in [1.54, 1.807) is 4.68 Å². The van der Waals surface area contributed by atoms with Crippen LogP contribution in [0.4, 0.5) is 0 Å². The summed E-state index contributed by atoms with van der Waals surface area (Å²) in [5.41, 5.74) is 1.10. The number of rotatable bonds is 4. The zero-order valence-corrected chi connectivity index (χ0v) is 10.5. The summed E-state index contributed by atoms with van der Waals surface area (Å²) in [7, 11) is 3.98. The third-order valence-electron chi connectivity index (χ3n) is 3.75. The molecule has 1 aromatic rings. The fourth-order valence-corrected chi connectivity index (χ4v) is 2.84. The summed E-state index contributed by atoms with van der Waals surface area (Å²) < 4.78 is 1.78. The molecule has 1 fully saturated rings. The lowest BCUT2D eigenvalue weighted by atomic mass is 9.93. The van der Waals surface area contributed by atoms with Gasteiger partial charge in [-0.1, -0.05) is 18.6 Å². The smallest absolute Gasteiger partial charge is 0.0842 e. The molecule has 4 nitrogen and oxygen atoms in total. The van der Waals surface area contributed by atoms with Gasteiger partial charge in [0.05, 0.1) is 5.69 Å². The molecule has 3 unspecified atom stereocenters. The van der Waals surface area contributed by atoms with E-state index in [0.29, 0.717) is 6.04 Å². The minimum Gasteiger partial charge on any atom is -0.316 e. The van der Waals surface area contributed by atoms with Crippen LogP contribution in [0.5, 0.6) is 0 Å². The Morgan fingerprint density at radius 1 is 1.56 bits per heavy atom. The van der Waals surface area contributed by atoms with Gasteiger partial charge in [0, 0.05) is 25.7 Å². The molecule has 3 atom stereocenters. The molecule has 0 bridgehead atoms. The predicted octanol–water partition coefficient (Wildman–Crippen LogP) is 1.38. The van der Waals surface area contributed by atoms with Crippen LogP contribution in [0.15, 0.2) is 6.20 Å². The lowest BCUT2D eigenvalue weighted by Gasteiger charge is -2.22. The summed E-state index contributed by atoms with van der Waals surface area (Å²) in [6.07, 6.45) is 7.10.